The normalized spacial score (nSPS) is 21.4. The summed E-state index contributed by atoms with van der Waals surface area (Å²) in [6.07, 6.45) is -0.645. The maximum absolute atomic E-state index is 13.1. The van der Waals surface area contributed by atoms with Crippen LogP contribution in [0.2, 0.25) is 0 Å². The number of aromatic nitrogens is 2. The first-order chi connectivity index (χ1) is 71.2. The van der Waals surface area contributed by atoms with Crippen LogP contribution in [0.4, 0.5) is 8.78 Å². The molecule has 39 nitrogen and oxygen atoms in total. The molecule has 8 aromatic carbocycles. The lowest BCUT2D eigenvalue weighted by Crippen LogP contribution is -2.59. The Hall–Kier alpha value is -11.0. The van der Waals surface area contributed by atoms with Gasteiger partial charge in [-0.05, 0) is 174 Å². The summed E-state index contributed by atoms with van der Waals surface area (Å²) in [6, 6.07) is 68.3. The number of aliphatic hydroxyl groups is 4. The number of hydrogen-bond acceptors (Lipinski definition) is 22. The lowest BCUT2D eigenvalue weighted by molar-refractivity contribution is -0.140. The van der Waals surface area contributed by atoms with Gasteiger partial charge in [-0.25, -0.2) is 61.3 Å². The van der Waals surface area contributed by atoms with Gasteiger partial charge < -0.3 is 35.2 Å². The zero-order valence-corrected chi connectivity index (χ0v) is 96.9. The number of halogens is 8. The summed E-state index contributed by atoms with van der Waals surface area (Å²) in [6.45, 7) is 11.5. The molecule has 0 spiro atoms. The van der Waals surface area contributed by atoms with Crippen molar-refractivity contribution in [1.82, 2.24) is 77.6 Å². The number of allylic oxidation sites excluding steroid dienone is 4. The number of β-amino-alcohol motifs (C(OH)–C–C–N with tert-alkyl or cyclic N) is 2. The van der Waals surface area contributed by atoms with Crippen LogP contribution in [-0.4, -0.2) is 242 Å². The molecule has 0 bridgehead atoms. The molecule has 4 saturated heterocycles. The standard InChI is InChI=1S/C19H17BrFN3O.C19H20FN3O2.2C12H13BrN2O2S.C12H16N2O3S.C11H14N2O4S.C4H5BrN2O2S.C4H6N2O2S.C4H7NO2.Br2/c1-23-13-17(20)18(25)24(12-15-7-9-16(21)10-8-15)19(23)22-11-14-5-3-2-4-6-14;1-22-13-17(24)18(25)23(12-15-7-9-16(20)10-8-15)19(22)21-11-14-5-3-2-4-6-14;2*1-9-11(13)12(16)15(18(17)14(9)2)8-10-6-4-3-5-7-10;1-9-11(15)12(16)14(18(17)13(9)2)8-10-6-4-3-5-7-10;1-12-8-10(14)11(15)13(18(12,16)17)7-9-5-3-2-4-6-9;1-2-3(5)4(8)7-10(9)6-2;1-3-2-4(7)6-9(8)5-3;6-3-1-2-5-4(3)7;1-2/h2-10,13H,11-12H2,1H3;2-10,17,24H,11-13H2,1H3;2*3-7H,8H2,1-2H3;3-7,9,11,15H,8H2,1-2H3;2-6,10,14H,7-8H2,1H3;6H,1H3,(H,7,8);2,5H,1H3,(H,6,7);3,6H,1-2H2,(H,5,7);/t;;;;;;;;3-;/m........0./s1. The van der Waals surface area contributed by atoms with Crippen LogP contribution in [0.5, 0.6) is 0 Å². The van der Waals surface area contributed by atoms with Crippen LogP contribution in [-0.2, 0) is 164 Å². The van der Waals surface area contributed by atoms with E-state index in [0.29, 0.717) is 108 Å². The summed E-state index contributed by atoms with van der Waals surface area (Å²) in [5.41, 5.74) is 10.1. The van der Waals surface area contributed by atoms with Crippen molar-refractivity contribution in [3.63, 3.8) is 0 Å². The molecule has 8 amide bonds. The van der Waals surface area contributed by atoms with E-state index in [0.717, 1.165) is 43.2 Å². The molecule has 9 N–H and O–H groups in total. The molecule has 8 aliphatic rings. The van der Waals surface area contributed by atoms with Gasteiger partial charge in [-0.1, -0.05) is 206 Å². The van der Waals surface area contributed by atoms with Crippen LogP contribution < -0.4 is 35.4 Å². The first kappa shape index (κ1) is 124. The molecule has 0 aliphatic carbocycles. The predicted octanol–water partition coefficient (Wildman–Crippen LogP) is 9.10. The molecule has 17 rings (SSSR count). The van der Waals surface area contributed by atoms with Crippen molar-refractivity contribution < 1.29 is 97.0 Å². The molecule has 4 fully saturated rings. The first-order valence-corrected chi connectivity index (χ1v) is 58.8. The van der Waals surface area contributed by atoms with Crippen molar-refractivity contribution in [3.05, 3.63) is 356 Å². The van der Waals surface area contributed by atoms with Crippen LogP contribution >= 0.6 is 92.0 Å². The summed E-state index contributed by atoms with van der Waals surface area (Å²) in [4.78, 5) is 117. The third-order valence-corrected chi connectivity index (χ3v) is 33.4. The highest BCUT2D eigenvalue weighted by molar-refractivity contribution is 9.93. The molecule has 9 heterocycles. The highest BCUT2D eigenvalue weighted by Gasteiger charge is 2.44. The highest BCUT2D eigenvalue weighted by Crippen LogP contribution is 2.31. The molecule has 10 atom stereocenters. The summed E-state index contributed by atoms with van der Waals surface area (Å²) in [7, 11) is 6.19. The Morgan fingerprint density at radius 2 is 0.847 bits per heavy atom. The smallest absolute Gasteiger partial charge is 0.306 e. The molecule has 0 radical (unpaired) electrons. The number of carbonyl (C=O) groups excluding carboxylic acids is 8. The van der Waals surface area contributed by atoms with E-state index in [1.807, 2.05) is 159 Å². The van der Waals surface area contributed by atoms with Crippen molar-refractivity contribution in [2.24, 2.45) is 17.0 Å². The number of aryl methyl sites for hydroxylation is 1. The average Bonchev–Trinajstić information content (AvgIpc) is 0.780. The highest BCUT2D eigenvalue weighted by atomic mass is 80.9. The van der Waals surface area contributed by atoms with Crippen molar-refractivity contribution in [2.75, 3.05) is 54.9 Å². The predicted molar refractivity (Wildman–Crippen MR) is 589 cm³/mol. The van der Waals surface area contributed by atoms with Gasteiger partial charge in [0.05, 0.1) is 76.0 Å². The SMILES string of the molecule is BrBr.CC1=C(Br)C(=O)N(Cc2ccccc2)S(=O)N1C.CC1=C(Br)C(=O)N(Cc2ccccc2)S(=O)N1C.CC1=C(Br)C(=O)NS(=O)N1.CC1=CC(=O)NS(=O)N1.CC1C(O)C(=O)N(Cc2ccccc2)S(=O)N1C.CN1CC(O)C(=O)N(Cc2ccc(F)cc2)C1=NCc1ccccc1.CN1CC(O)C(=O)N(Cc2ccccc2)S1(=O)=O.Cn1cc(Br)c(=O)n(Cc2ccc(F)cc2)c1=NCc1ccccc1.O=C1NCC[C@@H]1O. The van der Waals surface area contributed by atoms with Crippen molar-refractivity contribution in [2.45, 2.75) is 124 Å². The Kier molecular flexibility index (Phi) is 50.1. The minimum Gasteiger partial charge on any atom is -0.383 e. The fourth-order valence-corrected chi connectivity index (χ4v) is 22.3. The number of carbonyl (C=O) groups is 8. The monoisotopic (exact) mass is 2570 g/mol. The average molecular weight is 2570 g/mol. The van der Waals surface area contributed by atoms with Gasteiger partial charge in [0.25, 0.3) is 46.9 Å². The number of hydrogen-bond donors (Lipinski definition) is 9. The minimum atomic E-state index is -3.83. The molecule has 8 aliphatic heterocycles. The number of benzene rings is 8. The number of aliphatic imine (C=N–C) groups is 1. The number of amides is 8. The topological polar surface area (TPSA) is 481 Å². The van der Waals surface area contributed by atoms with E-state index in [4.69, 9.17) is 5.11 Å². The van der Waals surface area contributed by atoms with Gasteiger partial charge in [-0.3, -0.25) is 80.1 Å². The zero-order chi connectivity index (χ0) is 111. The first-order valence-electron chi connectivity index (χ1n) is 45.0. The summed E-state index contributed by atoms with van der Waals surface area (Å²) in [5, 5.41) is 40.4. The van der Waals surface area contributed by atoms with Gasteiger partial charge in [0.1, 0.15) is 43.4 Å². The molecular formula is C97H111Br6F2N19O20S6. The molecule has 0 saturated carbocycles. The van der Waals surface area contributed by atoms with Gasteiger partial charge >= 0.3 is 10.2 Å². The number of nitrogens with zero attached hydrogens (tertiary/aromatic N) is 14. The Morgan fingerprint density at radius 3 is 1.25 bits per heavy atom. The summed E-state index contributed by atoms with van der Waals surface area (Å²) < 4.78 is 133. The Balaban J connectivity index is 0.000000209. The van der Waals surface area contributed by atoms with E-state index in [9.17, 15) is 96.7 Å². The number of guanidine groups is 1. The second kappa shape index (κ2) is 60.5. The van der Waals surface area contributed by atoms with E-state index < -0.39 is 114 Å². The van der Waals surface area contributed by atoms with E-state index in [2.05, 4.69) is 126 Å². The minimum absolute atomic E-state index is 0.0661. The Labute approximate surface area is 928 Å². The fourth-order valence-electron chi connectivity index (χ4n) is 13.7. The molecular weight excluding hydrogens is 2460 g/mol. The van der Waals surface area contributed by atoms with Crippen LogP contribution in [0.15, 0.2) is 298 Å². The van der Waals surface area contributed by atoms with Gasteiger partial charge in [0.2, 0.25) is 73.3 Å². The largest absolute Gasteiger partial charge is 0.383 e. The lowest BCUT2D eigenvalue weighted by Gasteiger charge is -2.38. The summed E-state index contributed by atoms with van der Waals surface area (Å²) >= 11 is 10.9. The molecule has 53 heteroatoms. The zero-order valence-electron chi connectivity index (χ0n) is 82.5. The number of rotatable bonds is 16. The second-order valence-corrected chi connectivity index (χ2v) is 44.6. The van der Waals surface area contributed by atoms with Gasteiger partial charge in [0, 0.05) is 112 Å². The van der Waals surface area contributed by atoms with E-state index >= 15 is 0 Å². The van der Waals surface area contributed by atoms with Crippen molar-refractivity contribution in [1.29, 1.82) is 0 Å². The number of aliphatic hydroxyl groups excluding tert-OH is 4. The molecule has 806 valence electrons. The fraction of sp³-hybridized carbons (Fsp3) is 0.289. The van der Waals surface area contributed by atoms with E-state index in [1.165, 1.54) is 59.5 Å². The molecule has 9 unspecified atom stereocenters. The van der Waals surface area contributed by atoms with Crippen molar-refractivity contribution >= 4 is 211 Å². The van der Waals surface area contributed by atoms with Gasteiger partial charge in [-0.15, -0.1) is 0 Å². The summed E-state index contributed by atoms with van der Waals surface area (Å²) in [5.74, 6) is -3.18. The number of nitrogens with one attached hydrogen (secondary N) is 5. The Bertz CT molecular complexity index is 6660. The van der Waals surface area contributed by atoms with Crippen LogP contribution in [0.25, 0.3) is 0 Å². The molecule has 9 aromatic rings. The van der Waals surface area contributed by atoms with Crippen LogP contribution in [0, 0.1) is 11.6 Å². The van der Waals surface area contributed by atoms with Gasteiger partial charge in [-0.2, -0.15) is 12.7 Å². The second-order valence-electron chi connectivity index (χ2n) is 33.1. The third-order valence-electron chi connectivity index (χ3n) is 22.2. The quantitative estimate of drug-likeness (QED) is 0.0435. The number of likely N-dealkylation sites (N-methyl/N-ethyl adjacent to an activating group) is 3. The van der Waals surface area contributed by atoms with Crippen LogP contribution in [0.1, 0.15) is 85.5 Å². The van der Waals surface area contributed by atoms with Crippen LogP contribution in [0.3, 0.4) is 0 Å². The maximum atomic E-state index is 13.1. The lowest BCUT2D eigenvalue weighted by atomic mass is 10.1. The molecule has 150 heavy (non-hydrogen) atoms. The van der Waals surface area contributed by atoms with E-state index in [-0.39, 0.29) is 79.5 Å². The van der Waals surface area contributed by atoms with Gasteiger partial charge in [0.15, 0.2) is 6.10 Å². The third kappa shape index (κ3) is 36.1. The Morgan fingerprint density at radius 1 is 0.447 bits per heavy atom. The van der Waals surface area contributed by atoms with Crippen molar-refractivity contribution in [3.8, 4) is 0 Å². The molecule has 1 aromatic heterocycles. The van der Waals surface area contributed by atoms with E-state index in [1.54, 1.807) is 146 Å². The maximum Gasteiger partial charge on any atom is 0.306 e.